The van der Waals surface area contributed by atoms with Gasteiger partial charge in [-0.1, -0.05) is 6.08 Å². The van der Waals surface area contributed by atoms with Crippen molar-refractivity contribution in [2.45, 2.75) is 101 Å². The summed E-state index contributed by atoms with van der Waals surface area (Å²) in [5, 5.41) is 33.5. The first-order valence-electron chi connectivity index (χ1n) is 15.8. The lowest BCUT2D eigenvalue weighted by Gasteiger charge is -2.40. The topological polar surface area (TPSA) is 149 Å². The lowest BCUT2D eigenvalue weighted by Crippen LogP contribution is -2.56. The van der Waals surface area contributed by atoms with E-state index in [1.54, 1.807) is 24.9 Å². The highest BCUT2D eigenvalue weighted by molar-refractivity contribution is 5.98. The molecule has 0 saturated heterocycles. The van der Waals surface area contributed by atoms with Gasteiger partial charge in [0, 0.05) is 37.5 Å². The number of nitriles is 1. The van der Waals surface area contributed by atoms with Gasteiger partial charge in [0.25, 0.3) is 5.91 Å². The Labute approximate surface area is 258 Å². The number of methoxy groups -OCH3 is 1. The molecule has 10 nitrogen and oxygen atoms in total. The number of carboxylic acids is 1. The minimum atomic E-state index is -0.819. The highest BCUT2D eigenvalue weighted by Gasteiger charge is 2.57. The van der Waals surface area contributed by atoms with Crippen LogP contribution in [0.1, 0.15) is 94.0 Å². The monoisotopic (exact) mass is 605 g/mol. The summed E-state index contributed by atoms with van der Waals surface area (Å²) in [5.41, 5.74) is -0.568. The fraction of sp³-hybridized carbons (Fsp3) is 0.647. The lowest BCUT2D eigenvalue weighted by molar-refractivity contribution is -0.150. The maximum atomic E-state index is 14.2. The van der Waals surface area contributed by atoms with Gasteiger partial charge in [0.15, 0.2) is 0 Å². The molecule has 44 heavy (non-hydrogen) atoms. The maximum absolute atomic E-state index is 14.2. The van der Waals surface area contributed by atoms with E-state index in [2.05, 4.69) is 11.4 Å². The van der Waals surface area contributed by atoms with E-state index in [0.29, 0.717) is 44.9 Å². The Morgan fingerprint density at radius 2 is 1.80 bits per heavy atom. The smallest absolute Gasteiger partial charge is 0.309 e. The molecule has 0 aliphatic heterocycles. The molecule has 0 aromatic heterocycles. The van der Waals surface area contributed by atoms with Crippen LogP contribution in [0.2, 0.25) is 0 Å². The van der Waals surface area contributed by atoms with Gasteiger partial charge in [0.2, 0.25) is 5.91 Å². The van der Waals surface area contributed by atoms with Crippen LogP contribution in [0.25, 0.3) is 0 Å². The molecule has 0 unspecified atom stereocenters. The van der Waals surface area contributed by atoms with Crippen molar-refractivity contribution in [2.75, 3.05) is 14.2 Å². The van der Waals surface area contributed by atoms with Crippen molar-refractivity contribution < 1.29 is 34.1 Å². The van der Waals surface area contributed by atoms with Crippen LogP contribution in [0.15, 0.2) is 23.8 Å². The quantitative estimate of drug-likeness (QED) is 0.374. The molecule has 5 aliphatic rings. The van der Waals surface area contributed by atoms with Crippen molar-refractivity contribution in [1.82, 2.24) is 10.2 Å². The molecule has 5 aliphatic carbocycles. The third-order valence-corrected chi connectivity index (χ3v) is 11.3. The fourth-order valence-electron chi connectivity index (χ4n) is 8.58. The van der Waals surface area contributed by atoms with Crippen molar-refractivity contribution in [3.63, 3.8) is 0 Å². The van der Waals surface area contributed by atoms with Crippen molar-refractivity contribution in [1.29, 1.82) is 5.26 Å². The standard InChI is InChI=1S/C34H43N3O7/c1-32(31(40)41)10-8-23(9-11-32)44-25-15-24(26(43-4)14-21(25)17-35)30(39)37(3)28-20-6-5-19(13-20)27(28)29(38)36-33(2)12-7-22-16-34(22,42)18-33/h7,14-15,19-20,23,27-28,42H,5-6,8-13,16,18H2,1-4H3,(H,36,38)(H,40,41)/t19-,20+,23-,27+,28-,32+,33-,34+/m1/s1. The number of ether oxygens (including phenoxy) is 2. The second-order valence-corrected chi connectivity index (χ2v) is 14.5. The first-order valence-corrected chi connectivity index (χ1v) is 15.8. The molecule has 0 radical (unpaired) electrons. The normalized spacial score (nSPS) is 36.8. The number of amides is 2. The minimum absolute atomic E-state index is 0.0630. The number of fused-ring (bicyclic) bond motifs is 3. The zero-order chi connectivity index (χ0) is 31.6. The molecule has 4 fully saturated rings. The molecular weight excluding hydrogens is 562 g/mol. The van der Waals surface area contributed by atoms with Crippen LogP contribution in [0.3, 0.4) is 0 Å². The number of benzene rings is 1. The minimum Gasteiger partial charge on any atom is -0.496 e. The van der Waals surface area contributed by atoms with Crippen molar-refractivity contribution in [3.05, 3.63) is 34.9 Å². The first-order chi connectivity index (χ1) is 20.8. The third kappa shape index (κ3) is 5.23. The van der Waals surface area contributed by atoms with Gasteiger partial charge >= 0.3 is 5.97 Å². The summed E-state index contributed by atoms with van der Waals surface area (Å²) in [4.78, 5) is 41.4. The predicted molar refractivity (Wildman–Crippen MR) is 160 cm³/mol. The summed E-state index contributed by atoms with van der Waals surface area (Å²) in [6.07, 6.45) is 8.39. The summed E-state index contributed by atoms with van der Waals surface area (Å²) >= 11 is 0. The van der Waals surface area contributed by atoms with E-state index in [4.69, 9.17) is 9.47 Å². The van der Waals surface area contributed by atoms with E-state index in [-0.39, 0.29) is 64.3 Å². The van der Waals surface area contributed by atoms with E-state index in [1.807, 2.05) is 13.0 Å². The third-order valence-electron chi connectivity index (χ3n) is 11.3. The van der Waals surface area contributed by atoms with Crippen LogP contribution >= 0.6 is 0 Å². The fourth-order valence-corrected chi connectivity index (χ4v) is 8.58. The largest absolute Gasteiger partial charge is 0.496 e. The van der Waals surface area contributed by atoms with E-state index in [9.17, 15) is 29.9 Å². The average molecular weight is 606 g/mol. The molecule has 1 aromatic carbocycles. The number of rotatable bonds is 8. The Balaban J connectivity index is 1.22. The van der Waals surface area contributed by atoms with Crippen molar-refractivity contribution in [3.8, 4) is 17.6 Å². The van der Waals surface area contributed by atoms with Gasteiger partial charge in [-0.3, -0.25) is 14.4 Å². The maximum Gasteiger partial charge on any atom is 0.309 e. The second-order valence-electron chi connectivity index (χ2n) is 14.5. The van der Waals surface area contributed by atoms with E-state index >= 15 is 0 Å². The molecule has 236 valence electrons. The van der Waals surface area contributed by atoms with Gasteiger partial charge in [-0.25, -0.2) is 0 Å². The van der Waals surface area contributed by atoms with E-state index in [0.717, 1.165) is 24.8 Å². The Hall–Kier alpha value is -3.58. The summed E-state index contributed by atoms with van der Waals surface area (Å²) < 4.78 is 11.8. The Morgan fingerprint density at radius 3 is 2.43 bits per heavy atom. The molecule has 3 N–H and O–H groups in total. The van der Waals surface area contributed by atoms with Crippen LogP contribution in [0, 0.1) is 34.5 Å². The molecule has 10 heteroatoms. The number of carbonyl (C=O) groups is 3. The predicted octanol–water partition coefficient (Wildman–Crippen LogP) is 4.20. The van der Waals surface area contributed by atoms with Crippen LogP contribution in [-0.4, -0.2) is 70.3 Å². The summed E-state index contributed by atoms with van der Waals surface area (Å²) in [6.45, 7) is 3.73. The molecule has 4 saturated carbocycles. The van der Waals surface area contributed by atoms with Gasteiger partial charge < -0.3 is 29.9 Å². The zero-order valence-electron chi connectivity index (χ0n) is 26.0. The number of nitrogens with one attached hydrogen (secondary N) is 1. The van der Waals surface area contributed by atoms with Crippen LogP contribution < -0.4 is 14.8 Å². The molecule has 0 heterocycles. The molecule has 1 aromatic rings. The SMILES string of the molecule is COc1cc(C#N)c(O[C@H]2CC[C@@](C)(C(=O)O)CC2)cc1C(=O)N(C)[C@@H]1[C@H]2CC[C@H](C2)[C@@H]1C(=O)N[C@]1(C)CC=C2C[C@]2(O)C1. The first kappa shape index (κ1) is 30.4. The molecule has 6 rings (SSSR count). The average Bonchev–Trinajstić information content (AvgIpc) is 3.28. The molecular formula is C34H43N3O7. The van der Waals surface area contributed by atoms with Crippen LogP contribution in [0.4, 0.5) is 0 Å². The summed E-state index contributed by atoms with van der Waals surface area (Å²) in [7, 11) is 3.19. The number of nitrogens with zero attached hydrogens (tertiary/aromatic N) is 2. The number of carbonyl (C=O) groups excluding carboxylic acids is 2. The van der Waals surface area contributed by atoms with Gasteiger partial charge in [-0.15, -0.1) is 0 Å². The Bertz CT molecular complexity index is 1460. The summed E-state index contributed by atoms with van der Waals surface area (Å²) in [6, 6.07) is 4.93. The van der Waals surface area contributed by atoms with Gasteiger partial charge in [0.05, 0.1) is 41.3 Å². The zero-order valence-corrected chi connectivity index (χ0v) is 26.0. The van der Waals surface area contributed by atoms with Crippen LogP contribution in [-0.2, 0) is 9.59 Å². The van der Waals surface area contributed by atoms with Gasteiger partial charge in [0.1, 0.15) is 17.6 Å². The number of hydrogen-bond donors (Lipinski definition) is 3. The molecule has 2 amide bonds. The summed E-state index contributed by atoms with van der Waals surface area (Å²) in [5.74, 6) is -0.630. The molecule has 2 bridgehead atoms. The van der Waals surface area contributed by atoms with E-state index in [1.165, 1.54) is 13.2 Å². The molecule has 6 atom stereocenters. The second kappa shape index (κ2) is 10.8. The molecule has 0 spiro atoms. The van der Waals surface area contributed by atoms with Gasteiger partial charge in [-0.05, 0) is 88.7 Å². The lowest BCUT2D eigenvalue weighted by atomic mass is 9.75. The highest BCUT2D eigenvalue weighted by atomic mass is 16.5. The van der Waals surface area contributed by atoms with E-state index < -0.39 is 22.5 Å². The Kier molecular flexibility index (Phi) is 7.47. The number of carboxylic acid groups (broad SMARTS) is 1. The Morgan fingerprint density at radius 1 is 1.09 bits per heavy atom. The highest BCUT2D eigenvalue weighted by Crippen LogP contribution is 2.54. The number of aliphatic hydroxyl groups is 1. The van der Waals surface area contributed by atoms with Crippen LogP contribution in [0.5, 0.6) is 11.5 Å². The number of hydrogen-bond acceptors (Lipinski definition) is 7. The van der Waals surface area contributed by atoms with Gasteiger partial charge in [-0.2, -0.15) is 5.26 Å². The van der Waals surface area contributed by atoms with Crippen molar-refractivity contribution in [2.24, 2.45) is 23.2 Å². The van der Waals surface area contributed by atoms with Crippen molar-refractivity contribution >= 4 is 17.8 Å². The number of aliphatic carboxylic acids is 1.